The highest BCUT2D eigenvalue weighted by atomic mass is 16.3. The second-order valence-electron chi connectivity index (χ2n) is 5.62. The van der Waals surface area contributed by atoms with Crippen LogP contribution < -0.4 is 0 Å². The number of aliphatic hydroxyl groups excluding tert-OH is 1. The van der Waals surface area contributed by atoms with Crippen LogP contribution in [0.15, 0.2) is 0 Å². The van der Waals surface area contributed by atoms with E-state index in [1.165, 1.54) is 44.9 Å². The van der Waals surface area contributed by atoms with Crippen molar-refractivity contribution in [1.29, 1.82) is 0 Å². The summed E-state index contributed by atoms with van der Waals surface area (Å²) in [4.78, 5) is 0. The predicted octanol–water partition coefficient (Wildman–Crippen LogP) is 2.73. The monoisotopic (exact) mass is 180 g/mol. The van der Waals surface area contributed by atoms with Gasteiger partial charge in [-0.25, -0.2) is 0 Å². The normalized spacial score (nSPS) is 54.7. The largest absolute Gasteiger partial charge is 0.393 e. The summed E-state index contributed by atoms with van der Waals surface area (Å²) in [6.45, 7) is 0. The molecule has 0 saturated heterocycles. The molecule has 1 N–H and O–H groups in total. The summed E-state index contributed by atoms with van der Waals surface area (Å²) < 4.78 is 0. The third-order valence-electron chi connectivity index (χ3n) is 5.06. The van der Waals surface area contributed by atoms with Crippen molar-refractivity contribution >= 4 is 0 Å². The highest BCUT2D eigenvalue weighted by Gasteiger charge is 2.52. The molecule has 3 aliphatic rings. The van der Waals surface area contributed by atoms with Gasteiger partial charge in [0.25, 0.3) is 0 Å². The van der Waals surface area contributed by atoms with Crippen LogP contribution in [-0.4, -0.2) is 11.2 Å². The van der Waals surface area contributed by atoms with Gasteiger partial charge in [0.1, 0.15) is 0 Å². The molecule has 0 aromatic rings. The van der Waals surface area contributed by atoms with Gasteiger partial charge in [-0.1, -0.05) is 12.8 Å². The summed E-state index contributed by atoms with van der Waals surface area (Å²) in [6, 6.07) is 0. The van der Waals surface area contributed by atoms with Crippen LogP contribution in [0.5, 0.6) is 0 Å². The molecule has 74 valence electrons. The Labute approximate surface area is 80.5 Å². The van der Waals surface area contributed by atoms with Crippen molar-refractivity contribution in [2.24, 2.45) is 17.3 Å². The molecule has 3 saturated carbocycles. The average molecular weight is 180 g/mol. The molecule has 0 amide bonds. The van der Waals surface area contributed by atoms with Gasteiger partial charge in [-0.15, -0.1) is 0 Å². The minimum atomic E-state index is 0.0584. The lowest BCUT2D eigenvalue weighted by Crippen LogP contribution is -2.34. The van der Waals surface area contributed by atoms with Crippen LogP contribution in [0, 0.1) is 17.3 Å². The molecule has 1 spiro atoms. The number of fused-ring (bicyclic) bond motifs is 1. The van der Waals surface area contributed by atoms with E-state index in [9.17, 15) is 5.11 Å². The van der Waals surface area contributed by atoms with Gasteiger partial charge in [0.05, 0.1) is 6.10 Å². The molecule has 2 bridgehead atoms. The number of aliphatic hydroxyl groups is 1. The third kappa shape index (κ3) is 1.09. The number of hydrogen-bond donors (Lipinski definition) is 1. The zero-order chi connectivity index (χ0) is 8.89. The lowest BCUT2D eigenvalue weighted by Gasteiger charge is -2.44. The minimum Gasteiger partial charge on any atom is -0.393 e. The van der Waals surface area contributed by atoms with E-state index in [2.05, 4.69) is 0 Å². The number of rotatable bonds is 0. The van der Waals surface area contributed by atoms with Crippen molar-refractivity contribution in [2.45, 2.75) is 57.5 Å². The Balaban J connectivity index is 1.89. The Morgan fingerprint density at radius 3 is 2.85 bits per heavy atom. The fourth-order valence-corrected chi connectivity index (χ4v) is 4.40. The van der Waals surface area contributed by atoms with Crippen LogP contribution in [0.3, 0.4) is 0 Å². The molecular weight excluding hydrogens is 160 g/mol. The van der Waals surface area contributed by atoms with Gasteiger partial charge in [-0.05, 0) is 55.8 Å². The van der Waals surface area contributed by atoms with Crippen LogP contribution in [0.1, 0.15) is 51.4 Å². The summed E-state index contributed by atoms with van der Waals surface area (Å²) >= 11 is 0. The average Bonchev–Trinajstić information content (AvgIpc) is 2.38. The minimum absolute atomic E-state index is 0.0584. The topological polar surface area (TPSA) is 20.2 Å². The van der Waals surface area contributed by atoms with Crippen LogP contribution in [0.4, 0.5) is 0 Å². The highest BCUT2D eigenvalue weighted by molar-refractivity contribution is 5.03. The molecule has 0 aromatic heterocycles. The molecule has 0 heterocycles. The summed E-state index contributed by atoms with van der Waals surface area (Å²) in [7, 11) is 0. The maximum Gasteiger partial charge on any atom is 0.0574 e. The van der Waals surface area contributed by atoms with Crippen molar-refractivity contribution in [1.82, 2.24) is 0 Å². The molecule has 3 rings (SSSR count). The van der Waals surface area contributed by atoms with Gasteiger partial charge < -0.3 is 5.11 Å². The molecule has 13 heavy (non-hydrogen) atoms. The van der Waals surface area contributed by atoms with E-state index >= 15 is 0 Å². The molecule has 4 atom stereocenters. The van der Waals surface area contributed by atoms with E-state index in [0.717, 1.165) is 12.3 Å². The maximum absolute atomic E-state index is 9.93. The zero-order valence-electron chi connectivity index (χ0n) is 8.34. The fourth-order valence-electron chi connectivity index (χ4n) is 4.40. The third-order valence-corrected chi connectivity index (χ3v) is 5.06. The summed E-state index contributed by atoms with van der Waals surface area (Å²) in [5, 5.41) is 9.93. The quantitative estimate of drug-likeness (QED) is 0.607. The second kappa shape index (κ2) is 2.73. The van der Waals surface area contributed by atoms with E-state index in [0.29, 0.717) is 11.3 Å². The first-order valence-electron chi connectivity index (χ1n) is 5.98. The molecule has 0 aromatic carbocycles. The van der Waals surface area contributed by atoms with Crippen LogP contribution in [-0.2, 0) is 0 Å². The van der Waals surface area contributed by atoms with Gasteiger partial charge in [0, 0.05) is 0 Å². The smallest absolute Gasteiger partial charge is 0.0574 e. The van der Waals surface area contributed by atoms with Crippen LogP contribution >= 0.6 is 0 Å². The van der Waals surface area contributed by atoms with Gasteiger partial charge in [-0.3, -0.25) is 0 Å². The molecule has 4 unspecified atom stereocenters. The lowest BCUT2D eigenvalue weighted by atomic mass is 9.61. The molecule has 0 aliphatic heterocycles. The Hall–Kier alpha value is -0.0400. The number of hydrogen-bond acceptors (Lipinski definition) is 1. The van der Waals surface area contributed by atoms with E-state index in [1.807, 2.05) is 0 Å². The Kier molecular flexibility index (Phi) is 1.74. The second-order valence-corrected chi connectivity index (χ2v) is 5.62. The van der Waals surface area contributed by atoms with Gasteiger partial charge in [0.2, 0.25) is 0 Å². The standard InChI is InChI=1S/C12H20O/c13-11-8-12-6-2-1-3-10(12)5-4-9(11)7-12/h9-11,13H,1-8H2. The van der Waals surface area contributed by atoms with E-state index < -0.39 is 0 Å². The van der Waals surface area contributed by atoms with Crippen molar-refractivity contribution in [3.63, 3.8) is 0 Å². The lowest BCUT2D eigenvalue weighted by molar-refractivity contribution is 0.0614. The SMILES string of the molecule is OC1CC23CCCCC2CCC1C3. The van der Waals surface area contributed by atoms with Gasteiger partial charge in [0.15, 0.2) is 0 Å². The Morgan fingerprint density at radius 1 is 1.00 bits per heavy atom. The van der Waals surface area contributed by atoms with Crippen molar-refractivity contribution in [3.05, 3.63) is 0 Å². The van der Waals surface area contributed by atoms with Crippen LogP contribution in [0.25, 0.3) is 0 Å². The summed E-state index contributed by atoms with van der Waals surface area (Å²) in [5.41, 5.74) is 0.612. The maximum atomic E-state index is 9.93. The first-order chi connectivity index (χ1) is 6.30. The molecule has 1 heteroatoms. The summed E-state index contributed by atoms with van der Waals surface area (Å²) in [6.07, 6.45) is 11.0. The van der Waals surface area contributed by atoms with Gasteiger partial charge >= 0.3 is 0 Å². The van der Waals surface area contributed by atoms with Crippen LogP contribution in [0.2, 0.25) is 0 Å². The predicted molar refractivity (Wildman–Crippen MR) is 52.4 cm³/mol. The first kappa shape index (κ1) is 8.28. The van der Waals surface area contributed by atoms with Crippen molar-refractivity contribution in [3.8, 4) is 0 Å². The van der Waals surface area contributed by atoms with E-state index in [-0.39, 0.29) is 6.10 Å². The highest BCUT2D eigenvalue weighted by Crippen LogP contribution is 2.60. The Bertz CT molecular complexity index is 209. The molecular formula is C12H20O. The first-order valence-corrected chi connectivity index (χ1v) is 5.98. The fraction of sp³-hybridized carbons (Fsp3) is 1.00. The van der Waals surface area contributed by atoms with Crippen molar-refractivity contribution < 1.29 is 5.11 Å². The van der Waals surface area contributed by atoms with E-state index in [1.54, 1.807) is 0 Å². The van der Waals surface area contributed by atoms with Crippen molar-refractivity contribution in [2.75, 3.05) is 0 Å². The summed E-state index contributed by atoms with van der Waals surface area (Å²) in [5.74, 6) is 1.66. The Morgan fingerprint density at radius 2 is 1.92 bits per heavy atom. The molecule has 1 nitrogen and oxygen atoms in total. The molecule has 3 aliphatic carbocycles. The van der Waals surface area contributed by atoms with E-state index in [4.69, 9.17) is 0 Å². The molecule has 0 radical (unpaired) electrons. The molecule has 3 fully saturated rings. The zero-order valence-corrected chi connectivity index (χ0v) is 8.34. The van der Waals surface area contributed by atoms with Gasteiger partial charge in [-0.2, -0.15) is 0 Å².